The van der Waals surface area contributed by atoms with Crippen LogP contribution >= 0.6 is 11.3 Å². The smallest absolute Gasteiger partial charge is 0.245 e. The lowest BCUT2D eigenvalue weighted by molar-refractivity contribution is -0.114. The predicted molar refractivity (Wildman–Crippen MR) is 108 cm³/mol. The van der Waals surface area contributed by atoms with Crippen LogP contribution in [0.1, 0.15) is 61.9 Å². The molecule has 5 nitrogen and oxygen atoms in total. The summed E-state index contributed by atoms with van der Waals surface area (Å²) in [6.45, 7) is 0.218. The first-order chi connectivity index (χ1) is 12.8. The Hall–Kier alpha value is -1.95. The zero-order valence-corrected chi connectivity index (χ0v) is 16.1. The van der Waals surface area contributed by atoms with E-state index >= 15 is 0 Å². The molecule has 3 rings (SSSR count). The number of thiazole rings is 1. The summed E-state index contributed by atoms with van der Waals surface area (Å²) in [5, 5.41) is 6.77. The first-order valence-electron chi connectivity index (χ1n) is 9.73. The summed E-state index contributed by atoms with van der Waals surface area (Å²) in [5.74, 6) is -0.0707. The maximum atomic E-state index is 12.2. The van der Waals surface area contributed by atoms with Crippen molar-refractivity contribution in [3.63, 3.8) is 0 Å². The maximum absolute atomic E-state index is 12.2. The zero-order chi connectivity index (χ0) is 18.0. The quantitative estimate of drug-likeness (QED) is 0.808. The van der Waals surface area contributed by atoms with E-state index in [0.29, 0.717) is 0 Å². The van der Waals surface area contributed by atoms with Gasteiger partial charge in [0.15, 0.2) is 5.13 Å². The maximum Gasteiger partial charge on any atom is 0.245 e. The molecule has 26 heavy (non-hydrogen) atoms. The van der Waals surface area contributed by atoms with Gasteiger partial charge >= 0.3 is 0 Å². The Kier molecular flexibility index (Phi) is 7.43. The van der Waals surface area contributed by atoms with Gasteiger partial charge in [0.2, 0.25) is 5.91 Å². The van der Waals surface area contributed by atoms with Gasteiger partial charge < -0.3 is 10.6 Å². The Morgan fingerprint density at radius 3 is 2.50 bits per heavy atom. The molecule has 2 N–H and O–H groups in total. The van der Waals surface area contributed by atoms with Crippen molar-refractivity contribution < 1.29 is 4.79 Å². The summed E-state index contributed by atoms with van der Waals surface area (Å²) < 4.78 is 0. The van der Waals surface area contributed by atoms with E-state index in [9.17, 15) is 4.79 Å². The molecule has 140 valence electrons. The molecule has 0 aromatic carbocycles. The third kappa shape index (κ3) is 6.09. The molecule has 2 aromatic rings. The van der Waals surface area contributed by atoms with Gasteiger partial charge in [0.25, 0.3) is 0 Å². The first kappa shape index (κ1) is 18.8. The Morgan fingerprint density at radius 1 is 1.04 bits per heavy atom. The molecular weight excluding hydrogens is 344 g/mol. The van der Waals surface area contributed by atoms with Crippen LogP contribution in [0.3, 0.4) is 0 Å². The van der Waals surface area contributed by atoms with Crippen LogP contribution in [0.25, 0.3) is 0 Å². The van der Waals surface area contributed by atoms with Crippen LogP contribution in [0.2, 0.25) is 0 Å². The third-order valence-corrected chi connectivity index (χ3v) is 5.78. The van der Waals surface area contributed by atoms with Crippen LogP contribution in [0.5, 0.6) is 0 Å². The van der Waals surface area contributed by atoms with Crippen molar-refractivity contribution in [2.24, 2.45) is 0 Å². The van der Waals surface area contributed by atoms with Gasteiger partial charge in [0, 0.05) is 17.3 Å². The van der Waals surface area contributed by atoms with Crippen LogP contribution in [-0.2, 0) is 17.6 Å². The molecule has 0 unspecified atom stereocenters. The SMILES string of the molecule is O=C(CNc1cccnc1)Nc1nc2c(s1)CCCCCCCCCC2. The molecular formula is C20H28N4OS. The molecule has 1 aliphatic carbocycles. The van der Waals surface area contributed by atoms with Crippen LogP contribution in [0.15, 0.2) is 24.5 Å². The average Bonchev–Trinajstić information content (AvgIpc) is 3.02. The zero-order valence-electron chi connectivity index (χ0n) is 15.3. The molecule has 0 spiro atoms. The number of hydrogen-bond acceptors (Lipinski definition) is 5. The Labute approximate surface area is 159 Å². The molecule has 0 bridgehead atoms. The number of carbonyl (C=O) groups excluding carboxylic acids is 1. The topological polar surface area (TPSA) is 66.9 Å². The molecule has 1 amide bonds. The van der Waals surface area contributed by atoms with Crippen molar-refractivity contribution in [3.05, 3.63) is 35.1 Å². The fourth-order valence-electron chi connectivity index (χ4n) is 3.28. The monoisotopic (exact) mass is 372 g/mol. The van der Waals surface area contributed by atoms with E-state index in [4.69, 9.17) is 4.98 Å². The van der Waals surface area contributed by atoms with Crippen molar-refractivity contribution >= 4 is 28.1 Å². The van der Waals surface area contributed by atoms with E-state index in [-0.39, 0.29) is 12.5 Å². The highest BCUT2D eigenvalue weighted by molar-refractivity contribution is 7.15. The number of aromatic nitrogens is 2. The van der Waals surface area contributed by atoms with E-state index in [1.54, 1.807) is 23.7 Å². The molecule has 0 saturated heterocycles. The highest BCUT2D eigenvalue weighted by Crippen LogP contribution is 2.27. The normalized spacial score (nSPS) is 16.0. The second-order valence-electron chi connectivity index (χ2n) is 6.86. The van der Waals surface area contributed by atoms with E-state index in [1.807, 2.05) is 12.1 Å². The number of pyridine rings is 1. The summed E-state index contributed by atoms with van der Waals surface area (Å²) in [7, 11) is 0. The second-order valence-corrected chi connectivity index (χ2v) is 7.94. The van der Waals surface area contributed by atoms with Gasteiger partial charge in [-0.3, -0.25) is 9.78 Å². The van der Waals surface area contributed by atoms with Gasteiger partial charge in [-0.05, 0) is 37.8 Å². The van der Waals surface area contributed by atoms with Gasteiger partial charge in [0.05, 0.1) is 17.9 Å². The standard InChI is InChI=1S/C20H28N4OS/c25-19(15-22-16-10-9-13-21-14-16)24-20-23-17-11-7-5-3-1-2-4-6-8-12-18(17)26-20/h9-10,13-14,22H,1-8,11-12,15H2,(H,23,24,25). The minimum atomic E-state index is -0.0707. The predicted octanol–water partition coefficient (Wildman–Crippen LogP) is 4.81. The van der Waals surface area contributed by atoms with Crippen LogP contribution in [-0.4, -0.2) is 22.4 Å². The molecule has 0 radical (unpaired) electrons. The van der Waals surface area contributed by atoms with Crippen molar-refractivity contribution in [1.82, 2.24) is 9.97 Å². The summed E-state index contributed by atoms with van der Waals surface area (Å²) >= 11 is 1.65. The number of anilines is 2. The highest BCUT2D eigenvalue weighted by Gasteiger charge is 2.13. The fraction of sp³-hybridized carbons (Fsp3) is 0.550. The van der Waals surface area contributed by atoms with Crippen LogP contribution in [0.4, 0.5) is 10.8 Å². The van der Waals surface area contributed by atoms with E-state index in [1.165, 1.54) is 61.9 Å². The molecule has 0 aliphatic heterocycles. The number of aryl methyl sites for hydroxylation is 2. The minimum absolute atomic E-state index is 0.0707. The number of nitrogens with zero attached hydrogens (tertiary/aromatic N) is 2. The molecule has 0 fully saturated rings. The van der Waals surface area contributed by atoms with E-state index in [0.717, 1.165) is 23.7 Å². The molecule has 2 aromatic heterocycles. The van der Waals surface area contributed by atoms with Gasteiger partial charge in [-0.15, -0.1) is 11.3 Å². The first-order valence-corrected chi connectivity index (χ1v) is 10.6. The number of amides is 1. The van der Waals surface area contributed by atoms with Crippen LogP contribution in [0, 0.1) is 0 Å². The molecule has 6 heteroatoms. The number of nitrogens with one attached hydrogen (secondary N) is 2. The summed E-state index contributed by atoms with van der Waals surface area (Å²) in [4.78, 5) is 22.3. The lowest BCUT2D eigenvalue weighted by atomic mass is 10.0. The van der Waals surface area contributed by atoms with Gasteiger partial charge in [-0.2, -0.15) is 0 Å². The minimum Gasteiger partial charge on any atom is -0.375 e. The van der Waals surface area contributed by atoms with Crippen LogP contribution < -0.4 is 10.6 Å². The molecule has 1 aliphatic rings. The third-order valence-electron chi connectivity index (χ3n) is 4.71. The van der Waals surface area contributed by atoms with Crippen molar-refractivity contribution in [3.8, 4) is 0 Å². The average molecular weight is 373 g/mol. The van der Waals surface area contributed by atoms with Crippen molar-refractivity contribution in [1.29, 1.82) is 0 Å². The summed E-state index contributed by atoms with van der Waals surface area (Å²) in [6, 6.07) is 3.74. The molecule has 2 heterocycles. The second kappa shape index (κ2) is 10.3. The largest absolute Gasteiger partial charge is 0.375 e. The number of carbonyl (C=O) groups is 1. The van der Waals surface area contributed by atoms with Gasteiger partial charge in [0.1, 0.15) is 0 Å². The lowest BCUT2D eigenvalue weighted by Crippen LogP contribution is -2.21. The molecule has 0 atom stereocenters. The van der Waals surface area contributed by atoms with Crippen molar-refractivity contribution in [2.75, 3.05) is 17.2 Å². The highest BCUT2D eigenvalue weighted by atomic mass is 32.1. The Morgan fingerprint density at radius 2 is 1.77 bits per heavy atom. The number of hydrogen-bond donors (Lipinski definition) is 2. The van der Waals surface area contributed by atoms with Gasteiger partial charge in [-0.25, -0.2) is 4.98 Å². The summed E-state index contributed by atoms with van der Waals surface area (Å²) in [5.41, 5.74) is 2.04. The van der Waals surface area contributed by atoms with E-state index < -0.39 is 0 Å². The fourth-order valence-corrected chi connectivity index (χ4v) is 4.35. The number of fused-ring (bicyclic) bond motifs is 1. The summed E-state index contributed by atoms with van der Waals surface area (Å²) in [6.07, 6.45) is 16.0. The molecule has 0 saturated carbocycles. The lowest BCUT2D eigenvalue weighted by Gasteiger charge is -2.06. The van der Waals surface area contributed by atoms with Gasteiger partial charge in [-0.1, -0.05) is 38.5 Å². The Balaban J connectivity index is 1.56. The number of rotatable bonds is 4. The Bertz CT molecular complexity index is 657. The van der Waals surface area contributed by atoms with Crippen molar-refractivity contribution in [2.45, 2.75) is 64.2 Å². The van der Waals surface area contributed by atoms with E-state index in [2.05, 4.69) is 15.6 Å².